The van der Waals surface area contributed by atoms with E-state index < -0.39 is 0 Å². The zero-order valence-corrected chi connectivity index (χ0v) is 12.3. The summed E-state index contributed by atoms with van der Waals surface area (Å²) in [6.45, 7) is 2.75. The Morgan fingerprint density at radius 3 is 3.16 bits per heavy atom. The smallest absolute Gasteiger partial charge is 0.193 e. The number of aromatic nitrogens is 1. The van der Waals surface area contributed by atoms with Gasteiger partial charge in [-0.15, -0.1) is 11.3 Å². The maximum atomic E-state index is 5.97. The summed E-state index contributed by atoms with van der Waals surface area (Å²) in [5, 5.41) is 5.22. The molecule has 0 amide bonds. The number of nitrogens with zero attached hydrogens (tertiary/aromatic N) is 3. The van der Waals surface area contributed by atoms with Crippen molar-refractivity contribution in [3.63, 3.8) is 0 Å². The second-order valence-electron chi connectivity index (χ2n) is 4.52. The first-order chi connectivity index (χ1) is 9.22. The summed E-state index contributed by atoms with van der Waals surface area (Å²) in [7, 11) is 2.05. The predicted molar refractivity (Wildman–Crippen MR) is 81.3 cm³/mol. The molecule has 0 bridgehead atoms. The Hall–Kier alpha value is -1.33. The third kappa shape index (κ3) is 2.82. The molecule has 4 nitrogen and oxygen atoms in total. The van der Waals surface area contributed by atoms with E-state index in [1.54, 1.807) is 11.3 Å². The fourth-order valence-corrected chi connectivity index (χ4v) is 3.17. The topological polar surface area (TPSA) is 40.5 Å². The molecule has 0 atom stereocenters. The Balaban J connectivity index is 1.62. The lowest BCUT2D eigenvalue weighted by atomic mass is 10.3. The van der Waals surface area contributed by atoms with Gasteiger partial charge in [0.2, 0.25) is 0 Å². The van der Waals surface area contributed by atoms with E-state index in [4.69, 9.17) is 11.6 Å². The number of fused-ring (bicyclic) bond motifs is 1. The Kier molecular flexibility index (Phi) is 3.57. The number of hydrogen-bond donors (Lipinski definition) is 1. The van der Waals surface area contributed by atoms with Crippen molar-refractivity contribution in [1.29, 1.82) is 0 Å². The van der Waals surface area contributed by atoms with E-state index in [0.717, 1.165) is 47.6 Å². The Bertz CT molecular complexity index is 622. The van der Waals surface area contributed by atoms with Crippen LogP contribution in [0.1, 0.15) is 5.01 Å². The molecule has 0 aliphatic carbocycles. The molecule has 1 aromatic carbocycles. The molecule has 0 radical (unpaired) electrons. The van der Waals surface area contributed by atoms with Gasteiger partial charge in [-0.25, -0.2) is 4.98 Å². The Morgan fingerprint density at radius 1 is 1.47 bits per heavy atom. The summed E-state index contributed by atoms with van der Waals surface area (Å²) in [5.74, 6) is 0.990. The monoisotopic (exact) mass is 294 g/mol. The molecule has 19 heavy (non-hydrogen) atoms. The molecule has 0 fully saturated rings. The van der Waals surface area contributed by atoms with Crippen LogP contribution < -0.4 is 5.32 Å². The van der Waals surface area contributed by atoms with Gasteiger partial charge in [0.15, 0.2) is 5.96 Å². The lowest BCUT2D eigenvalue weighted by Gasteiger charge is -2.14. The molecule has 0 unspecified atom stereocenters. The van der Waals surface area contributed by atoms with Crippen LogP contribution in [-0.4, -0.2) is 42.5 Å². The number of guanidine groups is 1. The summed E-state index contributed by atoms with van der Waals surface area (Å²) in [6.07, 6.45) is 0.907. The van der Waals surface area contributed by atoms with Gasteiger partial charge < -0.3 is 10.2 Å². The maximum absolute atomic E-state index is 5.97. The van der Waals surface area contributed by atoms with E-state index in [1.165, 1.54) is 4.70 Å². The molecule has 100 valence electrons. The van der Waals surface area contributed by atoms with Gasteiger partial charge in [-0.2, -0.15) is 0 Å². The standard InChI is InChI=1S/C13H15ClN4S/c1-18-7-6-16-13(18)15-5-4-12-17-10-8-9(14)2-3-11(10)19-12/h2-3,8H,4-7H2,1H3,(H,15,16). The second-order valence-corrected chi connectivity index (χ2v) is 6.07. The molecule has 2 aromatic rings. The molecule has 0 saturated carbocycles. The fraction of sp³-hybridized carbons (Fsp3) is 0.385. The van der Waals surface area contributed by atoms with Gasteiger partial charge in [0, 0.05) is 31.6 Å². The Morgan fingerprint density at radius 2 is 2.37 bits per heavy atom. The van der Waals surface area contributed by atoms with E-state index in [1.807, 2.05) is 18.2 Å². The van der Waals surface area contributed by atoms with Crippen LogP contribution in [0.5, 0.6) is 0 Å². The average Bonchev–Trinajstić information content (AvgIpc) is 2.95. The van der Waals surface area contributed by atoms with Crippen molar-refractivity contribution in [2.45, 2.75) is 6.42 Å². The normalized spacial score (nSPS) is 15.1. The van der Waals surface area contributed by atoms with Gasteiger partial charge in [-0.3, -0.25) is 4.99 Å². The van der Waals surface area contributed by atoms with Gasteiger partial charge >= 0.3 is 0 Å². The highest BCUT2D eigenvalue weighted by atomic mass is 35.5. The average molecular weight is 295 g/mol. The second kappa shape index (κ2) is 5.35. The van der Waals surface area contributed by atoms with Crippen LogP contribution in [0.3, 0.4) is 0 Å². The zero-order chi connectivity index (χ0) is 13.2. The number of nitrogens with one attached hydrogen (secondary N) is 1. The first kappa shape index (κ1) is 12.7. The minimum Gasteiger partial charge on any atom is -0.356 e. The van der Waals surface area contributed by atoms with Gasteiger partial charge in [-0.1, -0.05) is 11.6 Å². The van der Waals surface area contributed by atoms with E-state index in [-0.39, 0.29) is 0 Å². The number of aliphatic imine (C=N–C) groups is 1. The minimum atomic E-state index is 0.740. The molecular weight excluding hydrogens is 280 g/mol. The highest BCUT2D eigenvalue weighted by molar-refractivity contribution is 7.18. The first-order valence-electron chi connectivity index (χ1n) is 6.27. The summed E-state index contributed by atoms with van der Waals surface area (Å²) in [5.41, 5.74) is 0.989. The number of hydrogen-bond acceptors (Lipinski definition) is 5. The lowest BCUT2D eigenvalue weighted by Crippen LogP contribution is -2.36. The number of thiazole rings is 1. The molecule has 0 spiro atoms. The van der Waals surface area contributed by atoms with E-state index in [0.29, 0.717) is 0 Å². The number of halogens is 1. The predicted octanol–water partition coefficient (Wildman–Crippen LogP) is 2.38. The van der Waals surface area contributed by atoms with Crippen LogP contribution in [0.4, 0.5) is 0 Å². The molecule has 1 N–H and O–H groups in total. The van der Waals surface area contributed by atoms with Crippen molar-refractivity contribution in [1.82, 2.24) is 15.2 Å². The van der Waals surface area contributed by atoms with E-state index >= 15 is 0 Å². The minimum absolute atomic E-state index is 0.740. The molecule has 2 heterocycles. The largest absolute Gasteiger partial charge is 0.356 e. The van der Waals surface area contributed by atoms with Crippen molar-refractivity contribution in [2.75, 3.05) is 26.7 Å². The maximum Gasteiger partial charge on any atom is 0.193 e. The molecule has 1 aromatic heterocycles. The van der Waals surface area contributed by atoms with Crippen molar-refractivity contribution in [3.8, 4) is 0 Å². The third-order valence-electron chi connectivity index (χ3n) is 3.07. The lowest BCUT2D eigenvalue weighted by molar-refractivity contribution is 0.534. The van der Waals surface area contributed by atoms with Crippen LogP contribution in [-0.2, 0) is 6.42 Å². The number of benzene rings is 1. The van der Waals surface area contributed by atoms with Gasteiger partial charge in [0.05, 0.1) is 21.8 Å². The van der Waals surface area contributed by atoms with Crippen LogP contribution in [0.2, 0.25) is 5.02 Å². The molecular formula is C13H15ClN4S. The van der Waals surface area contributed by atoms with Crippen molar-refractivity contribution >= 4 is 39.1 Å². The van der Waals surface area contributed by atoms with Gasteiger partial charge in [0.25, 0.3) is 0 Å². The van der Waals surface area contributed by atoms with Crippen molar-refractivity contribution in [2.24, 2.45) is 4.99 Å². The zero-order valence-electron chi connectivity index (χ0n) is 10.7. The van der Waals surface area contributed by atoms with Crippen LogP contribution in [0.15, 0.2) is 23.2 Å². The summed E-state index contributed by atoms with van der Waals surface area (Å²) >= 11 is 7.69. The number of likely N-dealkylation sites (N-methyl/N-ethyl adjacent to an activating group) is 1. The quantitative estimate of drug-likeness (QED) is 0.945. The summed E-state index contributed by atoms with van der Waals surface area (Å²) < 4.78 is 1.19. The highest BCUT2D eigenvalue weighted by Gasteiger charge is 2.11. The molecule has 1 aliphatic heterocycles. The SMILES string of the molecule is CN1CCN=C1NCCc1nc2cc(Cl)ccc2s1. The summed E-state index contributed by atoms with van der Waals surface area (Å²) in [4.78, 5) is 11.1. The fourth-order valence-electron chi connectivity index (χ4n) is 2.06. The molecule has 1 aliphatic rings. The van der Waals surface area contributed by atoms with E-state index in [2.05, 4.69) is 27.2 Å². The molecule has 0 saturated heterocycles. The molecule has 6 heteroatoms. The van der Waals surface area contributed by atoms with Gasteiger partial charge in [0.1, 0.15) is 0 Å². The highest BCUT2D eigenvalue weighted by Crippen LogP contribution is 2.25. The summed E-state index contributed by atoms with van der Waals surface area (Å²) in [6, 6.07) is 5.85. The first-order valence-corrected chi connectivity index (χ1v) is 7.46. The third-order valence-corrected chi connectivity index (χ3v) is 4.41. The van der Waals surface area contributed by atoms with Crippen LogP contribution >= 0.6 is 22.9 Å². The van der Waals surface area contributed by atoms with Crippen LogP contribution in [0.25, 0.3) is 10.2 Å². The van der Waals surface area contributed by atoms with Crippen molar-refractivity contribution in [3.05, 3.63) is 28.2 Å². The molecule has 3 rings (SSSR count). The number of rotatable bonds is 3. The van der Waals surface area contributed by atoms with Crippen molar-refractivity contribution < 1.29 is 0 Å². The van der Waals surface area contributed by atoms with Crippen LogP contribution in [0, 0.1) is 0 Å². The Labute approximate surface area is 121 Å². The van der Waals surface area contributed by atoms with E-state index in [9.17, 15) is 0 Å². The van der Waals surface area contributed by atoms with Gasteiger partial charge in [-0.05, 0) is 18.2 Å².